The molecule has 0 radical (unpaired) electrons. The van der Waals surface area contributed by atoms with E-state index in [4.69, 9.17) is 0 Å². The predicted molar refractivity (Wildman–Crippen MR) is 356 cm³/mol. The molecule has 25 heteroatoms. The zero-order valence-electron chi connectivity index (χ0n) is 44.7. The van der Waals surface area contributed by atoms with E-state index in [-0.39, 0.29) is 125 Å². The summed E-state index contributed by atoms with van der Waals surface area (Å²) >= 11 is 3.47. The number of benzene rings is 2. The Kier molecular flexibility index (Phi) is 22.5. The van der Waals surface area contributed by atoms with E-state index in [0.717, 1.165) is 56.2 Å². The minimum absolute atomic E-state index is 0. The average Bonchev–Trinajstić information content (AvgIpc) is 2.10. The first kappa shape index (κ1) is 70.9. The van der Waals surface area contributed by atoms with Crippen LogP contribution in [0, 0.1) is 23.5 Å². The highest BCUT2D eigenvalue weighted by atomic mass is 32.2. The highest BCUT2D eigenvalue weighted by Crippen LogP contribution is 2.50. The molecule has 0 bridgehead atoms. The first-order valence-electron chi connectivity index (χ1n) is 26.4. The lowest BCUT2D eigenvalue weighted by Gasteiger charge is -2.33. The Hall–Kier alpha value is -5.83. The number of aromatic nitrogens is 6. The number of thiophene rings is 2. The Morgan fingerprint density at radius 1 is 0.605 bits per heavy atom. The van der Waals surface area contributed by atoms with Gasteiger partial charge in [-0.2, -0.15) is 64.2 Å². The van der Waals surface area contributed by atoms with Gasteiger partial charge in [-0.3, -0.25) is 23.9 Å². The number of carbonyl (C=O) groups is 4. The highest BCUT2D eigenvalue weighted by molar-refractivity contribution is 7.89. The molecule has 6 aromatic heterocycles. The number of rotatable bonds is 11. The van der Waals surface area contributed by atoms with Crippen LogP contribution in [0.1, 0.15) is 182 Å². The number of amides is 3. The van der Waals surface area contributed by atoms with E-state index >= 15 is 8.78 Å². The number of carbonyl (C=O) groups excluding carboxylic acids is 3. The molecule has 8 heterocycles. The number of halogens is 2. The van der Waals surface area contributed by atoms with Crippen molar-refractivity contribution in [2.45, 2.75) is 131 Å². The quantitative estimate of drug-likeness (QED) is 0.125. The van der Waals surface area contributed by atoms with Crippen LogP contribution in [0.4, 0.5) is 8.78 Å². The molecule has 86 heavy (non-hydrogen) atoms. The third-order valence-corrected chi connectivity index (χ3v) is 18.9. The van der Waals surface area contributed by atoms with Crippen molar-refractivity contribution in [3.63, 3.8) is 0 Å². The Morgan fingerprint density at radius 2 is 1.01 bits per heavy atom. The van der Waals surface area contributed by atoms with Crippen LogP contribution in [0.15, 0.2) is 83.6 Å². The molecule has 16 nitrogen and oxygen atoms in total. The number of carboxylic acids is 1. The summed E-state index contributed by atoms with van der Waals surface area (Å²) in [5.41, 5.74) is 8.85. The molecule has 4 aliphatic carbocycles. The number of fused-ring (bicyclic) bond motifs is 4. The van der Waals surface area contributed by atoms with Crippen molar-refractivity contribution in [1.82, 2.24) is 43.7 Å². The van der Waals surface area contributed by atoms with E-state index in [9.17, 15) is 32.7 Å². The molecule has 8 aromatic rings. The molecule has 3 amide bonds. The molecular weight excluding hydrogens is 1230 g/mol. The van der Waals surface area contributed by atoms with Gasteiger partial charge in [-0.05, 0) is 159 Å². The van der Waals surface area contributed by atoms with Gasteiger partial charge in [0.25, 0.3) is 11.8 Å². The van der Waals surface area contributed by atoms with Crippen LogP contribution < -0.4 is 4.72 Å². The fourth-order valence-electron chi connectivity index (χ4n) is 11.6. The minimum Gasteiger partial charge on any atom is -0.481 e. The van der Waals surface area contributed by atoms with Gasteiger partial charge in [0.2, 0.25) is 15.9 Å². The standard InChI is InChI=1S/C29H28FN5O4S2.C28H25FN4O3S.4CH4.4H2S/c1-15-18-8-10-40-26(18)7-9-34(15)29(37)24-13-25(16-3-4-16)35-27(31-24)14-23(32-35)19-6-5-17(11-22(19)30)20-12-21(20)28(36)33-41(2,38)39;1-14-17-7-9-37-25(17)6-8-32(14)27(34)23-12-24(15-2-3-15)33-26(30-23)13-22(31-33)18-5-4-16(10-21(18)29)19-11-20(19)28(35)36;;;;;;;;/h5-6,8,10-11,13-16,20-21H,3-4,7,9,12H2,1-2H3,(H,33,36);4-5,7,9-10,12-15,19-20H,2-3,6,8,11H2,1H3,(H,35,36);4*1H4;4*1H2/t15-,20-,21+;14-,19-,20+;;;;;;;;/m11......../s1. The molecule has 2 aliphatic heterocycles. The molecule has 464 valence electrons. The number of carboxylic acid groups (broad SMARTS) is 1. The smallest absolute Gasteiger partial charge is 0.307 e. The second-order valence-corrected chi connectivity index (χ2v) is 25.4. The van der Waals surface area contributed by atoms with Crippen molar-refractivity contribution in [2.24, 2.45) is 11.8 Å². The van der Waals surface area contributed by atoms with Crippen LogP contribution in [0.3, 0.4) is 0 Å². The summed E-state index contributed by atoms with van der Waals surface area (Å²) in [6, 6.07) is 20.9. The lowest BCUT2D eigenvalue weighted by atomic mass is 10.0. The number of aliphatic carboxylic acids is 1. The van der Waals surface area contributed by atoms with Crippen LogP contribution in [0.25, 0.3) is 33.8 Å². The van der Waals surface area contributed by atoms with Crippen LogP contribution in [0.2, 0.25) is 0 Å². The second-order valence-electron chi connectivity index (χ2n) is 21.7. The Balaban J connectivity index is 0.000000288. The van der Waals surface area contributed by atoms with Gasteiger partial charge in [0.1, 0.15) is 23.0 Å². The van der Waals surface area contributed by atoms with E-state index in [0.29, 0.717) is 88.2 Å². The SMILES string of the molecule is C.C.C.C.C[C@@H]1c2ccsc2CCN1C(=O)c1cc(C2CC2)n2nc(-c3ccc([C@H]4C[C@@H]4C(=O)NS(C)(=O)=O)cc3F)cc2n1.C[C@@H]1c2ccsc2CCN1C(=O)c1cc(C2CC2)n2nc(-c3ccc([C@H]4C[C@@H]4C(=O)O)cc3F)cc2n1.S.S.S.S. The van der Waals surface area contributed by atoms with Gasteiger partial charge in [-0.25, -0.2) is 36.2 Å². The van der Waals surface area contributed by atoms with E-state index in [2.05, 4.69) is 50.0 Å². The lowest BCUT2D eigenvalue weighted by molar-refractivity contribution is -0.138. The molecule has 14 rings (SSSR count). The number of nitrogens with zero attached hydrogens (tertiary/aromatic N) is 8. The fraction of sp³-hybridized carbons (Fsp3) is 0.410. The molecular formula is C61H77F2N9O7S7. The first-order chi connectivity index (χ1) is 37.5. The maximum absolute atomic E-state index is 15.4. The monoisotopic (exact) mass is 1310 g/mol. The molecule has 6 aliphatic rings. The summed E-state index contributed by atoms with van der Waals surface area (Å²) in [4.78, 5) is 66.5. The van der Waals surface area contributed by atoms with E-state index in [1.165, 1.54) is 33.0 Å². The van der Waals surface area contributed by atoms with Crippen molar-refractivity contribution in [2.75, 3.05) is 19.3 Å². The second kappa shape index (κ2) is 27.3. The Labute approximate surface area is 537 Å². The largest absolute Gasteiger partial charge is 0.481 e. The summed E-state index contributed by atoms with van der Waals surface area (Å²) in [6.07, 6.45) is 7.66. The van der Waals surface area contributed by atoms with Gasteiger partial charge in [-0.15, -0.1) is 22.7 Å². The summed E-state index contributed by atoms with van der Waals surface area (Å²) < 4.78 is 58.8. The third kappa shape index (κ3) is 13.6. The highest BCUT2D eigenvalue weighted by Gasteiger charge is 2.46. The van der Waals surface area contributed by atoms with E-state index in [1.54, 1.807) is 68.1 Å². The van der Waals surface area contributed by atoms with Crippen LogP contribution >= 0.6 is 76.7 Å². The van der Waals surface area contributed by atoms with Gasteiger partial charge < -0.3 is 14.9 Å². The number of hydrogen-bond donors (Lipinski definition) is 2. The number of hydrogen-bond acceptors (Lipinski definition) is 12. The molecule has 0 unspecified atom stereocenters. The summed E-state index contributed by atoms with van der Waals surface area (Å²) in [5, 5.41) is 22.7. The van der Waals surface area contributed by atoms with Gasteiger partial charge in [-0.1, -0.05) is 41.8 Å². The van der Waals surface area contributed by atoms with Crippen molar-refractivity contribution in [3.05, 3.63) is 150 Å². The zero-order chi connectivity index (χ0) is 54.1. The maximum Gasteiger partial charge on any atom is 0.307 e. The van der Waals surface area contributed by atoms with Gasteiger partial charge in [0.05, 0.1) is 35.6 Å². The van der Waals surface area contributed by atoms with Crippen molar-refractivity contribution in [1.29, 1.82) is 0 Å². The van der Waals surface area contributed by atoms with Crippen LogP contribution in [-0.4, -0.2) is 95.6 Å². The third-order valence-electron chi connectivity index (χ3n) is 16.3. The molecule has 0 spiro atoms. The normalized spacial score (nSPS) is 20.3. The van der Waals surface area contributed by atoms with E-state index in [1.807, 2.05) is 33.6 Å². The molecule has 2 aromatic carbocycles. The minimum atomic E-state index is -3.64. The maximum atomic E-state index is 15.4. The summed E-state index contributed by atoms with van der Waals surface area (Å²) in [5.74, 6) is -3.26. The van der Waals surface area contributed by atoms with Crippen molar-refractivity contribution < 1.29 is 41.5 Å². The Bertz CT molecular complexity index is 3950. The van der Waals surface area contributed by atoms with Gasteiger partial charge >= 0.3 is 5.97 Å². The van der Waals surface area contributed by atoms with Crippen LogP contribution in [0.5, 0.6) is 0 Å². The van der Waals surface area contributed by atoms with Crippen molar-refractivity contribution in [3.8, 4) is 22.5 Å². The van der Waals surface area contributed by atoms with Crippen molar-refractivity contribution >= 4 is 122 Å². The molecule has 4 saturated carbocycles. The van der Waals surface area contributed by atoms with Gasteiger partial charge in [0, 0.05) is 75.2 Å². The lowest BCUT2D eigenvalue weighted by Crippen LogP contribution is -2.38. The topological polar surface area (TPSA) is 202 Å². The van der Waals surface area contributed by atoms with Gasteiger partial charge in [0.15, 0.2) is 11.3 Å². The molecule has 2 N–H and O–H groups in total. The number of nitrogens with one attached hydrogen (secondary N) is 1. The van der Waals surface area contributed by atoms with Crippen LogP contribution in [-0.2, 0) is 32.5 Å². The summed E-state index contributed by atoms with van der Waals surface area (Å²) in [6.45, 7) is 5.41. The van der Waals surface area contributed by atoms with E-state index < -0.39 is 45.4 Å². The predicted octanol–water partition coefficient (Wildman–Crippen LogP) is 12.8. The summed E-state index contributed by atoms with van der Waals surface area (Å²) in [7, 11) is -3.64. The molecule has 0 saturated heterocycles. The zero-order valence-corrected chi connectivity index (χ0v) is 51.2. The fourth-order valence-corrected chi connectivity index (χ4v) is 14.0. The molecule has 6 atom stereocenters. The average molecular weight is 1310 g/mol. The molecule has 4 fully saturated rings. The Morgan fingerprint density at radius 3 is 1.38 bits per heavy atom. The number of sulfonamides is 1. The first-order valence-corrected chi connectivity index (χ1v) is 30.0.